The summed E-state index contributed by atoms with van der Waals surface area (Å²) >= 11 is 5.96. The van der Waals surface area contributed by atoms with Crippen LogP contribution in [0.1, 0.15) is 34.2 Å². The molecule has 0 spiro atoms. The summed E-state index contributed by atoms with van der Waals surface area (Å²) < 4.78 is 24.9. The first-order chi connectivity index (χ1) is 11.2. The van der Waals surface area contributed by atoms with E-state index in [0.29, 0.717) is 17.1 Å². The predicted molar refractivity (Wildman–Crippen MR) is 93.4 cm³/mol. The lowest BCUT2D eigenvalue weighted by Gasteiger charge is -2.10. The Morgan fingerprint density at radius 1 is 1.33 bits per heavy atom. The number of aromatic nitrogens is 2. The zero-order chi connectivity index (χ0) is 17.5. The Labute approximate surface area is 145 Å². The number of anilines is 1. The minimum Gasteiger partial charge on any atom is -0.320 e. The Morgan fingerprint density at radius 2 is 2.08 bits per heavy atom. The molecule has 1 N–H and O–H groups in total. The standard InChI is InChI=1S/C16H18ClN3O3S/c1-10-3-4-12(17)8-14(10)18-16(21)15-7-11(2)20(19-15)13-5-6-24(22,23)9-13/h3-4,7-8,13H,5-6,9H2,1-2H3,(H,18,21). The van der Waals surface area contributed by atoms with E-state index in [4.69, 9.17) is 11.6 Å². The minimum absolute atomic E-state index is 0.0734. The fourth-order valence-corrected chi connectivity index (χ4v) is 4.72. The predicted octanol–water partition coefficient (Wildman–Crippen LogP) is 2.77. The van der Waals surface area contributed by atoms with Gasteiger partial charge < -0.3 is 5.32 Å². The van der Waals surface area contributed by atoms with E-state index < -0.39 is 9.84 Å². The molecule has 1 unspecified atom stereocenters. The van der Waals surface area contributed by atoms with Crippen LogP contribution in [0.25, 0.3) is 0 Å². The van der Waals surface area contributed by atoms with E-state index in [1.165, 1.54) is 0 Å². The fraction of sp³-hybridized carbons (Fsp3) is 0.375. The van der Waals surface area contributed by atoms with E-state index in [-0.39, 0.29) is 29.1 Å². The van der Waals surface area contributed by atoms with Crippen molar-refractivity contribution in [2.24, 2.45) is 0 Å². The maximum absolute atomic E-state index is 12.4. The van der Waals surface area contributed by atoms with Gasteiger partial charge in [0.1, 0.15) is 0 Å². The number of amides is 1. The molecule has 6 nitrogen and oxygen atoms in total. The van der Waals surface area contributed by atoms with Gasteiger partial charge in [0.15, 0.2) is 15.5 Å². The quantitative estimate of drug-likeness (QED) is 0.904. The van der Waals surface area contributed by atoms with Crippen LogP contribution in [0.15, 0.2) is 24.3 Å². The lowest BCUT2D eigenvalue weighted by molar-refractivity contribution is 0.102. The molecule has 3 rings (SSSR count). The summed E-state index contributed by atoms with van der Waals surface area (Å²) in [5, 5.41) is 7.65. The number of nitrogens with one attached hydrogen (secondary N) is 1. The molecule has 2 aromatic rings. The van der Waals surface area contributed by atoms with Crippen LogP contribution in [0.5, 0.6) is 0 Å². The average Bonchev–Trinajstić information content (AvgIpc) is 3.05. The molecule has 1 amide bonds. The van der Waals surface area contributed by atoms with E-state index in [9.17, 15) is 13.2 Å². The number of benzene rings is 1. The van der Waals surface area contributed by atoms with Crippen LogP contribution in [0.2, 0.25) is 5.02 Å². The molecule has 1 aliphatic rings. The zero-order valence-corrected chi connectivity index (χ0v) is 15.0. The second kappa shape index (κ2) is 6.22. The summed E-state index contributed by atoms with van der Waals surface area (Å²) in [7, 11) is -3.01. The third kappa shape index (κ3) is 3.47. The van der Waals surface area contributed by atoms with Gasteiger partial charge in [-0.15, -0.1) is 0 Å². The molecule has 1 saturated heterocycles. The molecule has 8 heteroatoms. The molecule has 1 aromatic heterocycles. The van der Waals surface area contributed by atoms with Crippen molar-refractivity contribution in [3.05, 3.63) is 46.2 Å². The van der Waals surface area contributed by atoms with Gasteiger partial charge in [-0.05, 0) is 44.0 Å². The molecule has 0 aliphatic carbocycles. The Balaban J connectivity index is 1.82. The summed E-state index contributed by atoms with van der Waals surface area (Å²) in [6, 6.07) is 6.73. The Kier molecular flexibility index (Phi) is 4.40. The van der Waals surface area contributed by atoms with Crippen LogP contribution in [0.4, 0.5) is 5.69 Å². The highest BCUT2D eigenvalue weighted by atomic mass is 35.5. The molecular formula is C16H18ClN3O3S. The van der Waals surface area contributed by atoms with Gasteiger partial charge in [-0.3, -0.25) is 9.48 Å². The van der Waals surface area contributed by atoms with Gasteiger partial charge in [-0.2, -0.15) is 5.10 Å². The largest absolute Gasteiger partial charge is 0.320 e. The van der Waals surface area contributed by atoms with Crippen LogP contribution in [0.3, 0.4) is 0 Å². The van der Waals surface area contributed by atoms with Crippen LogP contribution in [-0.2, 0) is 9.84 Å². The minimum atomic E-state index is -3.01. The second-order valence-corrected chi connectivity index (χ2v) is 8.75. The molecule has 128 valence electrons. The highest BCUT2D eigenvalue weighted by Gasteiger charge is 2.31. The molecular weight excluding hydrogens is 350 g/mol. The van der Waals surface area contributed by atoms with Crippen LogP contribution < -0.4 is 5.32 Å². The normalized spacial score (nSPS) is 19.4. The van der Waals surface area contributed by atoms with E-state index in [1.807, 2.05) is 19.9 Å². The van der Waals surface area contributed by atoms with Gasteiger partial charge in [0.05, 0.1) is 17.5 Å². The lowest BCUT2D eigenvalue weighted by atomic mass is 10.2. The lowest BCUT2D eigenvalue weighted by Crippen LogP contribution is -2.17. The molecule has 0 radical (unpaired) electrons. The molecule has 2 heterocycles. The number of carbonyl (C=O) groups excluding carboxylic acids is 1. The van der Waals surface area contributed by atoms with Crippen molar-refractivity contribution < 1.29 is 13.2 Å². The van der Waals surface area contributed by atoms with Crippen molar-refractivity contribution >= 4 is 33.0 Å². The maximum atomic E-state index is 12.4. The van der Waals surface area contributed by atoms with E-state index in [1.54, 1.807) is 22.9 Å². The van der Waals surface area contributed by atoms with Gasteiger partial charge in [-0.1, -0.05) is 17.7 Å². The average molecular weight is 368 g/mol. The van der Waals surface area contributed by atoms with Gasteiger partial charge in [0.2, 0.25) is 0 Å². The van der Waals surface area contributed by atoms with Crippen molar-refractivity contribution in [2.45, 2.75) is 26.3 Å². The summed E-state index contributed by atoms with van der Waals surface area (Å²) in [5.41, 5.74) is 2.55. The van der Waals surface area contributed by atoms with Crippen molar-refractivity contribution in [1.29, 1.82) is 0 Å². The summed E-state index contributed by atoms with van der Waals surface area (Å²) in [4.78, 5) is 12.4. The first-order valence-electron chi connectivity index (χ1n) is 7.59. The molecule has 1 fully saturated rings. The van der Waals surface area contributed by atoms with Gasteiger partial charge >= 0.3 is 0 Å². The summed E-state index contributed by atoms with van der Waals surface area (Å²) in [6.07, 6.45) is 0.527. The van der Waals surface area contributed by atoms with E-state index in [2.05, 4.69) is 10.4 Å². The molecule has 1 atom stereocenters. The van der Waals surface area contributed by atoms with Crippen LogP contribution in [-0.4, -0.2) is 35.6 Å². The fourth-order valence-electron chi connectivity index (χ4n) is 2.85. The smallest absolute Gasteiger partial charge is 0.276 e. The van der Waals surface area contributed by atoms with E-state index >= 15 is 0 Å². The first kappa shape index (κ1) is 17.0. The molecule has 0 saturated carbocycles. The number of hydrogen-bond acceptors (Lipinski definition) is 4. The van der Waals surface area contributed by atoms with Gasteiger partial charge in [-0.25, -0.2) is 8.42 Å². The number of halogens is 1. The molecule has 1 aromatic carbocycles. The van der Waals surface area contributed by atoms with Gasteiger partial charge in [0.25, 0.3) is 5.91 Å². The third-order valence-electron chi connectivity index (χ3n) is 4.16. The van der Waals surface area contributed by atoms with Crippen molar-refractivity contribution in [1.82, 2.24) is 9.78 Å². The number of hydrogen-bond donors (Lipinski definition) is 1. The SMILES string of the molecule is Cc1ccc(Cl)cc1NC(=O)c1cc(C)n(C2CCS(=O)(=O)C2)n1. The van der Waals surface area contributed by atoms with Crippen molar-refractivity contribution in [3.63, 3.8) is 0 Å². The molecule has 0 bridgehead atoms. The summed E-state index contributed by atoms with van der Waals surface area (Å²) in [6.45, 7) is 3.69. The third-order valence-corrected chi connectivity index (χ3v) is 6.14. The highest BCUT2D eigenvalue weighted by molar-refractivity contribution is 7.91. The maximum Gasteiger partial charge on any atom is 0.276 e. The first-order valence-corrected chi connectivity index (χ1v) is 9.79. The number of nitrogens with zero attached hydrogens (tertiary/aromatic N) is 2. The van der Waals surface area contributed by atoms with Crippen LogP contribution >= 0.6 is 11.6 Å². The molecule has 1 aliphatic heterocycles. The Bertz CT molecular complexity index is 905. The van der Waals surface area contributed by atoms with E-state index in [0.717, 1.165) is 11.3 Å². The second-order valence-electron chi connectivity index (χ2n) is 6.09. The monoisotopic (exact) mass is 367 g/mol. The Hall–Kier alpha value is -1.86. The molecule has 24 heavy (non-hydrogen) atoms. The Morgan fingerprint density at radius 3 is 2.75 bits per heavy atom. The number of sulfone groups is 1. The number of aryl methyl sites for hydroxylation is 2. The number of carbonyl (C=O) groups is 1. The highest BCUT2D eigenvalue weighted by Crippen LogP contribution is 2.25. The summed E-state index contributed by atoms with van der Waals surface area (Å²) in [5.74, 6) is -0.104. The van der Waals surface area contributed by atoms with Gasteiger partial charge in [0, 0.05) is 16.4 Å². The number of rotatable bonds is 3. The van der Waals surface area contributed by atoms with Crippen molar-refractivity contribution in [3.8, 4) is 0 Å². The topological polar surface area (TPSA) is 81.1 Å². The van der Waals surface area contributed by atoms with Crippen LogP contribution in [0, 0.1) is 13.8 Å². The van der Waals surface area contributed by atoms with Crippen molar-refractivity contribution in [2.75, 3.05) is 16.8 Å². The zero-order valence-electron chi connectivity index (χ0n) is 13.4.